The number of imidazole rings is 1. The van der Waals surface area contributed by atoms with Crippen molar-refractivity contribution in [3.05, 3.63) is 72.2 Å². The number of aromatic amines is 1. The molecule has 0 radical (unpaired) electrons. The van der Waals surface area contributed by atoms with Crippen molar-refractivity contribution >= 4 is 16.8 Å². The van der Waals surface area contributed by atoms with Crippen molar-refractivity contribution in [3.8, 4) is 17.3 Å². The topological polar surface area (TPSA) is 87.4 Å². The van der Waals surface area contributed by atoms with Gasteiger partial charge in [0.05, 0.1) is 22.8 Å². The molecule has 0 saturated heterocycles. The molecule has 26 heavy (non-hydrogen) atoms. The summed E-state index contributed by atoms with van der Waals surface area (Å²) in [5.74, 6) is -0.924. The average Bonchev–Trinajstić information content (AvgIpc) is 3.29. The van der Waals surface area contributed by atoms with Crippen LogP contribution in [0.3, 0.4) is 0 Å². The van der Waals surface area contributed by atoms with Gasteiger partial charge in [0.15, 0.2) is 5.92 Å². The van der Waals surface area contributed by atoms with E-state index in [-0.39, 0.29) is 5.78 Å². The highest BCUT2D eigenvalue weighted by atomic mass is 16.1. The summed E-state index contributed by atoms with van der Waals surface area (Å²) in [7, 11) is 1.81. The van der Waals surface area contributed by atoms with Gasteiger partial charge in [-0.2, -0.15) is 10.4 Å². The molecule has 2 aromatic heterocycles. The molecule has 0 aliphatic heterocycles. The number of hydrogen-bond acceptors (Lipinski definition) is 4. The summed E-state index contributed by atoms with van der Waals surface area (Å²) in [6.45, 7) is 0. The van der Waals surface area contributed by atoms with Crippen LogP contribution in [-0.2, 0) is 7.05 Å². The van der Waals surface area contributed by atoms with Crippen molar-refractivity contribution in [3.63, 3.8) is 0 Å². The van der Waals surface area contributed by atoms with Crippen molar-refractivity contribution in [2.24, 2.45) is 7.05 Å². The number of para-hydroxylation sites is 2. The summed E-state index contributed by atoms with van der Waals surface area (Å²) in [6, 6.07) is 20.9. The predicted molar refractivity (Wildman–Crippen MR) is 97.4 cm³/mol. The van der Waals surface area contributed by atoms with Crippen LogP contribution < -0.4 is 0 Å². The molecule has 1 atom stereocenters. The Labute approximate surface area is 149 Å². The molecule has 1 N–H and O–H groups in total. The Morgan fingerprint density at radius 1 is 1.15 bits per heavy atom. The summed E-state index contributed by atoms with van der Waals surface area (Å²) in [5.41, 5.74) is 3.50. The van der Waals surface area contributed by atoms with Crippen molar-refractivity contribution in [2.75, 3.05) is 0 Å². The van der Waals surface area contributed by atoms with Gasteiger partial charge in [-0.05, 0) is 18.2 Å². The number of aryl methyl sites for hydroxylation is 1. The van der Waals surface area contributed by atoms with Crippen LogP contribution in [0, 0.1) is 11.3 Å². The van der Waals surface area contributed by atoms with Gasteiger partial charge in [0.2, 0.25) is 5.78 Å². The number of carbonyl (C=O) groups is 1. The lowest BCUT2D eigenvalue weighted by atomic mass is 10.0. The molecule has 0 bridgehead atoms. The SMILES string of the molecule is Cn1c(C(C#N)C(=O)c2cc(-c3ccccc3)n[nH]2)nc2ccccc21. The second-order valence-corrected chi connectivity index (χ2v) is 5.98. The van der Waals surface area contributed by atoms with Crippen molar-refractivity contribution in [1.82, 2.24) is 19.7 Å². The Hall–Kier alpha value is -3.72. The van der Waals surface area contributed by atoms with Gasteiger partial charge in [0.25, 0.3) is 0 Å². The van der Waals surface area contributed by atoms with Crippen LogP contribution in [0.25, 0.3) is 22.3 Å². The van der Waals surface area contributed by atoms with Crippen molar-refractivity contribution < 1.29 is 4.79 Å². The maximum Gasteiger partial charge on any atom is 0.205 e. The van der Waals surface area contributed by atoms with E-state index in [1.807, 2.05) is 61.6 Å². The minimum absolute atomic E-state index is 0.294. The number of carbonyl (C=O) groups excluding carboxylic acids is 1. The third-order valence-electron chi connectivity index (χ3n) is 4.38. The number of ketones is 1. The van der Waals surface area contributed by atoms with Gasteiger partial charge in [-0.25, -0.2) is 4.98 Å². The van der Waals surface area contributed by atoms with Gasteiger partial charge < -0.3 is 4.57 Å². The predicted octanol–water partition coefficient (Wildman–Crippen LogP) is 3.45. The minimum atomic E-state index is -1.00. The highest BCUT2D eigenvalue weighted by Crippen LogP contribution is 2.25. The number of nitrogens with zero attached hydrogens (tertiary/aromatic N) is 4. The number of nitriles is 1. The zero-order valence-electron chi connectivity index (χ0n) is 14.0. The summed E-state index contributed by atoms with van der Waals surface area (Å²) >= 11 is 0. The third-order valence-corrected chi connectivity index (χ3v) is 4.38. The number of fused-ring (bicyclic) bond motifs is 1. The zero-order chi connectivity index (χ0) is 18.1. The van der Waals surface area contributed by atoms with E-state index in [0.29, 0.717) is 17.2 Å². The maximum absolute atomic E-state index is 12.9. The van der Waals surface area contributed by atoms with Gasteiger partial charge in [-0.1, -0.05) is 42.5 Å². The molecule has 0 saturated carbocycles. The lowest BCUT2D eigenvalue weighted by molar-refractivity contribution is 0.0970. The number of Topliss-reactive ketones (excluding diaryl/α,β-unsaturated/α-hetero) is 1. The summed E-state index contributed by atoms with van der Waals surface area (Å²) < 4.78 is 1.79. The van der Waals surface area contributed by atoms with E-state index in [2.05, 4.69) is 21.3 Å². The average molecular weight is 341 g/mol. The Kier molecular flexibility index (Phi) is 3.82. The molecule has 0 fully saturated rings. The van der Waals surface area contributed by atoms with Gasteiger partial charge in [0.1, 0.15) is 11.5 Å². The molecule has 6 nitrogen and oxygen atoms in total. The fourth-order valence-electron chi connectivity index (χ4n) is 3.02. The van der Waals surface area contributed by atoms with Gasteiger partial charge >= 0.3 is 0 Å². The normalized spacial score (nSPS) is 12.0. The standard InChI is InChI=1S/C20H15N5O/c1-25-18-10-6-5-9-15(18)22-20(25)14(12-21)19(26)17-11-16(23-24-17)13-7-3-2-4-8-13/h2-11,14H,1H3,(H,23,24). The molecule has 126 valence electrons. The lowest BCUT2D eigenvalue weighted by Crippen LogP contribution is -2.16. The number of H-pyrrole nitrogens is 1. The van der Waals surface area contributed by atoms with E-state index in [1.165, 1.54) is 0 Å². The van der Waals surface area contributed by atoms with Crippen LogP contribution in [0.1, 0.15) is 22.2 Å². The molecule has 6 heteroatoms. The number of benzene rings is 2. The second-order valence-electron chi connectivity index (χ2n) is 5.98. The summed E-state index contributed by atoms with van der Waals surface area (Å²) in [5, 5.41) is 16.6. The van der Waals surface area contributed by atoms with E-state index in [9.17, 15) is 10.1 Å². The van der Waals surface area contributed by atoms with Crippen LogP contribution in [0.2, 0.25) is 0 Å². The Bertz CT molecular complexity index is 1130. The van der Waals surface area contributed by atoms with Crippen LogP contribution in [0.4, 0.5) is 0 Å². The van der Waals surface area contributed by atoms with Crippen LogP contribution in [0.5, 0.6) is 0 Å². The summed E-state index contributed by atoms with van der Waals surface area (Å²) in [6.07, 6.45) is 0. The third kappa shape index (κ3) is 2.56. The van der Waals surface area contributed by atoms with Crippen LogP contribution in [-0.4, -0.2) is 25.5 Å². The fraction of sp³-hybridized carbons (Fsp3) is 0.100. The Balaban J connectivity index is 1.71. The lowest BCUT2D eigenvalue weighted by Gasteiger charge is -2.07. The van der Waals surface area contributed by atoms with Gasteiger partial charge in [0, 0.05) is 12.6 Å². The molecule has 0 amide bonds. The van der Waals surface area contributed by atoms with E-state index >= 15 is 0 Å². The monoisotopic (exact) mass is 341 g/mol. The first-order valence-corrected chi connectivity index (χ1v) is 8.15. The van der Waals surface area contributed by atoms with Gasteiger partial charge in [-0.3, -0.25) is 9.89 Å². The molecule has 4 rings (SSSR count). The molecule has 1 unspecified atom stereocenters. The Morgan fingerprint density at radius 3 is 2.62 bits per heavy atom. The maximum atomic E-state index is 12.9. The molecular weight excluding hydrogens is 326 g/mol. The molecule has 0 aliphatic carbocycles. The second kappa shape index (κ2) is 6.30. The Morgan fingerprint density at radius 2 is 1.88 bits per heavy atom. The largest absolute Gasteiger partial charge is 0.330 e. The number of hydrogen-bond donors (Lipinski definition) is 1. The highest BCUT2D eigenvalue weighted by molar-refractivity contribution is 6.01. The molecule has 4 aromatic rings. The van der Waals surface area contributed by atoms with E-state index in [1.54, 1.807) is 10.6 Å². The molecule has 2 aromatic carbocycles. The number of nitrogens with one attached hydrogen (secondary N) is 1. The molecule has 2 heterocycles. The van der Waals surface area contributed by atoms with E-state index < -0.39 is 5.92 Å². The van der Waals surface area contributed by atoms with Crippen molar-refractivity contribution in [2.45, 2.75) is 5.92 Å². The first-order chi connectivity index (χ1) is 12.7. The zero-order valence-corrected chi connectivity index (χ0v) is 14.0. The molecule has 0 aliphatic rings. The molecular formula is C20H15N5O. The molecule has 0 spiro atoms. The highest BCUT2D eigenvalue weighted by Gasteiger charge is 2.28. The first kappa shape index (κ1) is 15.8. The van der Waals surface area contributed by atoms with Gasteiger partial charge in [-0.15, -0.1) is 0 Å². The van der Waals surface area contributed by atoms with E-state index in [4.69, 9.17) is 0 Å². The fourth-order valence-corrected chi connectivity index (χ4v) is 3.02. The minimum Gasteiger partial charge on any atom is -0.330 e. The van der Waals surface area contributed by atoms with E-state index in [0.717, 1.165) is 16.6 Å². The first-order valence-electron chi connectivity index (χ1n) is 8.15. The summed E-state index contributed by atoms with van der Waals surface area (Å²) in [4.78, 5) is 17.4. The van der Waals surface area contributed by atoms with Crippen LogP contribution in [0.15, 0.2) is 60.7 Å². The quantitative estimate of drug-likeness (QED) is 0.576. The number of aromatic nitrogens is 4. The smallest absolute Gasteiger partial charge is 0.205 e. The number of rotatable bonds is 4. The van der Waals surface area contributed by atoms with Crippen LogP contribution >= 0.6 is 0 Å². The van der Waals surface area contributed by atoms with Crippen molar-refractivity contribution in [1.29, 1.82) is 5.26 Å².